The van der Waals surface area contributed by atoms with E-state index in [9.17, 15) is 0 Å². The Morgan fingerprint density at radius 1 is 1.22 bits per heavy atom. The van der Waals surface area contributed by atoms with Crippen LogP contribution >= 0.6 is 23.4 Å². The Kier molecular flexibility index (Phi) is 5.10. The van der Waals surface area contributed by atoms with E-state index in [1.165, 1.54) is 11.1 Å². The van der Waals surface area contributed by atoms with Crippen molar-refractivity contribution in [3.63, 3.8) is 0 Å². The standard InChI is InChI=1S/C17H15ClN4S/c1-13-5-7-14(8-6-13)11-23-17-21-19-12-22(17)20-10-15-3-2-4-16(18)9-15/h2-10,12H,11H2,1H3. The van der Waals surface area contributed by atoms with Gasteiger partial charge < -0.3 is 0 Å². The number of halogens is 1. The Morgan fingerprint density at radius 2 is 2.04 bits per heavy atom. The van der Waals surface area contributed by atoms with Crippen molar-refractivity contribution in [2.24, 2.45) is 5.10 Å². The van der Waals surface area contributed by atoms with Gasteiger partial charge in [-0.2, -0.15) is 9.78 Å². The van der Waals surface area contributed by atoms with Crippen LogP contribution in [0.25, 0.3) is 0 Å². The van der Waals surface area contributed by atoms with Crippen molar-refractivity contribution < 1.29 is 0 Å². The van der Waals surface area contributed by atoms with E-state index in [0.717, 1.165) is 16.5 Å². The van der Waals surface area contributed by atoms with Gasteiger partial charge in [0.15, 0.2) is 0 Å². The van der Waals surface area contributed by atoms with Crippen molar-refractivity contribution in [1.29, 1.82) is 0 Å². The van der Waals surface area contributed by atoms with Crippen molar-refractivity contribution in [2.45, 2.75) is 17.8 Å². The number of aryl methyl sites for hydroxylation is 1. The first-order chi connectivity index (χ1) is 11.2. The molecule has 0 atom stereocenters. The summed E-state index contributed by atoms with van der Waals surface area (Å²) in [6, 6.07) is 16.0. The van der Waals surface area contributed by atoms with Crippen molar-refractivity contribution in [3.05, 3.63) is 76.6 Å². The van der Waals surface area contributed by atoms with E-state index >= 15 is 0 Å². The minimum atomic E-state index is 0.687. The summed E-state index contributed by atoms with van der Waals surface area (Å²) in [4.78, 5) is 0. The maximum Gasteiger partial charge on any atom is 0.212 e. The van der Waals surface area contributed by atoms with Crippen LogP contribution in [-0.4, -0.2) is 21.1 Å². The summed E-state index contributed by atoms with van der Waals surface area (Å²) in [5.41, 5.74) is 3.43. The molecule has 0 N–H and O–H groups in total. The predicted octanol–water partition coefficient (Wildman–Crippen LogP) is 4.41. The fraction of sp³-hybridized carbons (Fsp3) is 0.118. The Bertz CT molecular complexity index is 811. The first-order valence-electron chi connectivity index (χ1n) is 7.09. The maximum atomic E-state index is 5.97. The van der Waals surface area contributed by atoms with Crippen LogP contribution in [0.5, 0.6) is 0 Å². The second-order valence-corrected chi connectivity index (χ2v) is 6.41. The highest BCUT2D eigenvalue weighted by Crippen LogP contribution is 2.20. The van der Waals surface area contributed by atoms with Gasteiger partial charge in [0, 0.05) is 10.8 Å². The molecule has 1 heterocycles. The molecule has 2 aromatic carbocycles. The molecular weight excluding hydrogens is 328 g/mol. The van der Waals surface area contributed by atoms with E-state index < -0.39 is 0 Å². The Balaban J connectivity index is 1.68. The van der Waals surface area contributed by atoms with Gasteiger partial charge in [-0.1, -0.05) is 65.3 Å². The van der Waals surface area contributed by atoms with Crippen LogP contribution < -0.4 is 0 Å². The molecule has 0 aliphatic rings. The molecule has 0 unspecified atom stereocenters. The fourth-order valence-electron chi connectivity index (χ4n) is 1.94. The van der Waals surface area contributed by atoms with Gasteiger partial charge in [-0.3, -0.25) is 0 Å². The minimum absolute atomic E-state index is 0.687. The van der Waals surface area contributed by atoms with E-state index in [1.807, 2.05) is 24.3 Å². The molecule has 0 fully saturated rings. The third-order valence-corrected chi connectivity index (χ3v) is 4.41. The zero-order valence-electron chi connectivity index (χ0n) is 12.6. The van der Waals surface area contributed by atoms with Crippen molar-refractivity contribution in [2.75, 3.05) is 0 Å². The molecule has 116 valence electrons. The molecule has 0 amide bonds. The van der Waals surface area contributed by atoms with Crippen molar-refractivity contribution >= 4 is 29.6 Å². The number of hydrogen-bond acceptors (Lipinski definition) is 4. The van der Waals surface area contributed by atoms with Crippen LogP contribution in [0.15, 0.2) is 65.1 Å². The zero-order valence-corrected chi connectivity index (χ0v) is 14.1. The summed E-state index contributed by atoms with van der Waals surface area (Å²) < 4.78 is 1.67. The molecular formula is C17H15ClN4S. The first kappa shape index (κ1) is 15.8. The molecule has 0 radical (unpaired) electrons. The van der Waals surface area contributed by atoms with E-state index in [-0.39, 0.29) is 0 Å². The molecule has 3 aromatic rings. The molecule has 23 heavy (non-hydrogen) atoms. The van der Waals surface area contributed by atoms with Crippen molar-refractivity contribution in [3.8, 4) is 0 Å². The van der Waals surface area contributed by atoms with Gasteiger partial charge in [0.25, 0.3) is 0 Å². The lowest BCUT2D eigenvalue weighted by molar-refractivity contribution is 0.767. The normalized spacial score (nSPS) is 11.2. The van der Waals surface area contributed by atoms with Gasteiger partial charge in [0.1, 0.15) is 6.33 Å². The average molecular weight is 343 g/mol. The summed E-state index contributed by atoms with van der Waals surface area (Å²) in [6.07, 6.45) is 3.34. The van der Waals surface area contributed by atoms with Crippen LogP contribution in [0.2, 0.25) is 5.02 Å². The highest BCUT2D eigenvalue weighted by molar-refractivity contribution is 7.98. The smallest absolute Gasteiger partial charge is 0.195 e. The molecule has 0 saturated heterocycles. The van der Waals surface area contributed by atoms with E-state index in [4.69, 9.17) is 11.6 Å². The summed E-state index contributed by atoms with van der Waals surface area (Å²) in [7, 11) is 0. The third-order valence-electron chi connectivity index (χ3n) is 3.17. The highest BCUT2D eigenvalue weighted by Gasteiger charge is 2.04. The maximum absolute atomic E-state index is 5.97. The van der Waals surface area contributed by atoms with Gasteiger partial charge in [-0.05, 0) is 30.2 Å². The molecule has 6 heteroatoms. The minimum Gasteiger partial charge on any atom is -0.195 e. The molecule has 0 saturated carbocycles. The Morgan fingerprint density at radius 3 is 2.83 bits per heavy atom. The Labute approximate surface area is 144 Å². The molecule has 0 bridgehead atoms. The van der Waals surface area contributed by atoms with Gasteiger partial charge in [0.2, 0.25) is 5.16 Å². The lowest BCUT2D eigenvalue weighted by atomic mass is 10.2. The molecule has 4 nitrogen and oxygen atoms in total. The average Bonchev–Trinajstić information content (AvgIpc) is 3.00. The monoisotopic (exact) mass is 342 g/mol. The quantitative estimate of drug-likeness (QED) is 0.509. The van der Waals surface area contributed by atoms with Crippen molar-refractivity contribution in [1.82, 2.24) is 14.9 Å². The highest BCUT2D eigenvalue weighted by atomic mass is 35.5. The lowest BCUT2D eigenvalue weighted by Crippen LogP contribution is -1.93. The first-order valence-corrected chi connectivity index (χ1v) is 8.45. The molecule has 0 aliphatic carbocycles. The molecule has 1 aromatic heterocycles. The largest absolute Gasteiger partial charge is 0.212 e. The van der Waals surface area contributed by atoms with Gasteiger partial charge in [0.05, 0.1) is 6.21 Å². The lowest BCUT2D eigenvalue weighted by Gasteiger charge is -2.02. The van der Waals surface area contributed by atoms with E-state index in [0.29, 0.717) is 5.02 Å². The Hall–Kier alpha value is -2.11. The van der Waals surface area contributed by atoms with Crippen LogP contribution in [0.1, 0.15) is 16.7 Å². The molecule has 0 spiro atoms. The third kappa shape index (κ3) is 4.43. The van der Waals surface area contributed by atoms with E-state index in [2.05, 4.69) is 46.5 Å². The number of hydrogen-bond donors (Lipinski definition) is 0. The number of rotatable bonds is 5. The van der Waals surface area contributed by atoms with Gasteiger partial charge >= 0.3 is 0 Å². The topological polar surface area (TPSA) is 43.1 Å². The number of nitrogens with zero attached hydrogens (tertiary/aromatic N) is 4. The summed E-state index contributed by atoms with van der Waals surface area (Å²) in [5.74, 6) is 0.825. The zero-order chi connectivity index (χ0) is 16.1. The second-order valence-electron chi connectivity index (χ2n) is 5.03. The summed E-state index contributed by atoms with van der Waals surface area (Å²) in [5, 5.41) is 13.9. The fourth-order valence-corrected chi connectivity index (χ4v) is 2.96. The van der Waals surface area contributed by atoms with Gasteiger partial charge in [-0.25, -0.2) is 0 Å². The number of benzene rings is 2. The van der Waals surface area contributed by atoms with Crippen LogP contribution in [0.4, 0.5) is 0 Å². The van der Waals surface area contributed by atoms with Crippen LogP contribution in [0, 0.1) is 6.92 Å². The van der Waals surface area contributed by atoms with Gasteiger partial charge in [-0.15, -0.1) is 10.2 Å². The SMILES string of the molecule is Cc1ccc(CSc2nncn2N=Cc2cccc(Cl)c2)cc1. The molecule has 3 rings (SSSR count). The summed E-state index contributed by atoms with van der Waals surface area (Å²) in [6.45, 7) is 2.08. The summed E-state index contributed by atoms with van der Waals surface area (Å²) >= 11 is 7.57. The number of aromatic nitrogens is 3. The van der Waals surface area contributed by atoms with Crippen LogP contribution in [-0.2, 0) is 5.75 Å². The number of thioether (sulfide) groups is 1. The second kappa shape index (κ2) is 7.44. The van der Waals surface area contributed by atoms with Crippen LogP contribution in [0.3, 0.4) is 0 Å². The van der Waals surface area contributed by atoms with E-state index in [1.54, 1.807) is 29.0 Å². The molecule has 0 aliphatic heterocycles. The predicted molar refractivity (Wildman–Crippen MR) is 95.2 cm³/mol.